The number of nitrogen functional groups attached to an aromatic ring is 1. The number of rotatable bonds is 5. The number of likely N-dealkylation sites (tertiary alicyclic amines) is 1. The van der Waals surface area contributed by atoms with Gasteiger partial charge in [-0.1, -0.05) is 23.4 Å². The summed E-state index contributed by atoms with van der Waals surface area (Å²) in [7, 11) is 0. The Kier molecular flexibility index (Phi) is 6.02. The van der Waals surface area contributed by atoms with Crippen LogP contribution in [-0.4, -0.2) is 50.3 Å². The van der Waals surface area contributed by atoms with E-state index in [4.69, 9.17) is 15.4 Å². The summed E-state index contributed by atoms with van der Waals surface area (Å²) in [6.45, 7) is 1.13. The number of piperidine rings is 1. The number of aliphatic carboxylic acids is 1. The van der Waals surface area contributed by atoms with Crippen molar-refractivity contribution in [2.45, 2.75) is 38.1 Å². The monoisotopic (exact) mass is 477 g/mol. The first-order valence-electron chi connectivity index (χ1n) is 11.7. The first-order chi connectivity index (χ1) is 16.9. The van der Waals surface area contributed by atoms with Gasteiger partial charge >= 0.3 is 12.0 Å². The van der Waals surface area contributed by atoms with Crippen LogP contribution in [-0.2, 0) is 11.2 Å². The number of urea groups is 1. The van der Waals surface area contributed by atoms with E-state index in [1.807, 2.05) is 18.2 Å². The fourth-order valence-corrected chi connectivity index (χ4v) is 4.98. The first-order valence-corrected chi connectivity index (χ1v) is 11.7. The zero-order valence-corrected chi connectivity index (χ0v) is 19.1. The zero-order valence-electron chi connectivity index (χ0n) is 19.1. The minimum Gasteiger partial charge on any atom is -0.506 e. The standard InChI is InChI=1S/C25H27N5O5/c26-19-13-15(4-7-21(19)31)24-28-23(29-35-24)18-3-1-2-17-16(18)5-6-20(17)27-25(34)30-10-8-14(9-11-30)12-22(32)33/h1-4,7,13-14,20,31H,5-6,8-12,26H2,(H,27,34)(H,32,33)/t20-/m0/s1. The van der Waals surface area contributed by atoms with Crippen LogP contribution in [0.1, 0.15) is 42.9 Å². The van der Waals surface area contributed by atoms with Gasteiger partial charge in [-0.2, -0.15) is 4.98 Å². The number of benzene rings is 2. The van der Waals surface area contributed by atoms with E-state index in [-0.39, 0.29) is 35.8 Å². The second kappa shape index (κ2) is 9.28. The predicted molar refractivity (Wildman–Crippen MR) is 127 cm³/mol. The summed E-state index contributed by atoms with van der Waals surface area (Å²) in [5.41, 5.74) is 9.60. The molecule has 10 nitrogen and oxygen atoms in total. The van der Waals surface area contributed by atoms with Crippen LogP contribution in [0.3, 0.4) is 0 Å². The van der Waals surface area contributed by atoms with Gasteiger partial charge in [0.15, 0.2) is 0 Å². The highest BCUT2D eigenvalue weighted by atomic mass is 16.5. The lowest BCUT2D eigenvalue weighted by atomic mass is 9.94. The summed E-state index contributed by atoms with van der Waals surface area (Å²) in [6.07, 6.45) is 3.11. The summed E-state index contributed by atoms with van der Waals surface area (Å²) >= 11 is 0. The van der Waals surface area contributed by atoms with Crippen molar-refractivity contribution in [1.82, 2.24) is 20.4 Å². The van der Waals surface area contributed by atoms with Crippen LogP contribution < -0.4 is 11.1 Å². The van der Waals surface area contributed by atoms with Crippen LogP contribution in [0.2, 0.25) is 0 Å². The summed E-state index contributed by atoms with van der Waals surface area (Å²) in [6, 6.07) is 10.4. The van der Waals surface area contributed by atoms with Gasteiger partial charge in [0, 0.05) is 30.6 Å². The molecule has 2 aliphatic rings. The highest BCUT2D eigenvalue weighted by Gasteiger charge is 2.30. The molecule has 2 heterocycles. The van der Waals surface area contributed by atoms with E-state index < -0.39 is 5.97 Å². The number of nitrogens with one attached hydrogen (secondary N) is 1. The van der Waals surface area contributed by atoms with E-state index in [1.165, 1.54) is 6.07 Å². The van der Waals surface area contributed by atoms with E-state index in [0.29, 0.717) is 43.2 Å². The number of nitrogens with zero attached hydrogens (tertiary/aromatic N) is 3. The Bertz CT molecular complexity index is 1260. The van der Waals surface area contributed by atoms with Gasteiger partial charge in [-0.3, -0.25) is 4.79 Å². The van der Waals surface area contributed by atoms with Gasteiger partial charge in [0.25, 0.3) is 5.89 Å². The molecule has 2 amide bonds. The van der Waals surface area contributed by atoms with Crippen LogP contribution in [0.5, 0.6) is 5.75 Å². The molecule has 2 aromatic carbocycles. The normalized spacial score (nSPS) is 17.8. The van der Waals surface area contributed by atoms with Gasteiger partial charge in [0.2, 0.25) is 5.82 Å². The third-order valence-corrected chi connectivity index (χ3v) is 6.87. The van der Waals surface area contributed by atoms with Crippen molar-refractivity contribution in [2.24, 2.45) is 5.92 Å². The average Bonchev–Trinajstić information content (AvgIpc) is 3.49. The molecule has 0 unspecified atom stereocenters. The minimum atomic E-state index is -0.785. The van der Waals surface area contributed by atoms with Crippen molar-refractivity contribution >= 4 is 17.7 Å². The highest BCUT2D eigenvalue weighted by Crippen LogP contribution is 2.38. The summed E-state index contributed by atoms with van der Waals surface area (Å²) in [4.78, 5) is 30.1. The summed E-state index contributed by atoms with van der Waals surface area (Å²) in [5, 5.41) is 25.9. The van der Waals surface area contributed by atoms with Crippen molar-refractivity contribution in [2.75, 3.05) is 18.8 Å². The number of carbonyl (C=O) groups excluding carboxylic acids is 1. The van der Waals surface area contributed by atoms with E-state index in [2.05, 4.69) is 15.5 Å². The van der Waals surface area contributed by atoms with Crippen molar-refractivity contribution < 1.29 is 24.3 Å². The molecule has 1 fully saturated rings. The molecule has 1 aliphatic heterocycles. The second-order valence-corrected chi connectivity index (χ2v) is 9.14. The minimum absolute atomic E-state index is 0.00733. The number of nitrogens with two attached hydrogens (primary N) is 1. The van der Waals surface area contributed by atoms with Gasteiger partial charge < -0.3 is 30.7 Å². The number of carboxylic acid groups (broad SMARTS) is 1. The van der Waals surface area contributed by atoms with E-state index >= 15 is 0 Å². The van der Waals surface area contributed by atoms with Gasteiger partial charge in [0.1, 0.15) is 5.75 Å². The largest absolute Gasteiger partial charge is 0.506 e. The van der Waals surface area contributed by atoms with E-state index in [0.717, 1.165) is 29.5 Å². The van der Waals surface area contributed by atoms with Gasteiger partial charge in [0.05, 0.1) is 11.7 Å². The Labute approximate surface area is 201 Å². The Morgan fingerprint density at radius 3 is 2.71 bits per heavy atom. The number of phenols is 1. The third-order valence-electron chi connectivity index (χ3n) is 6.87. The lowest BCUT2D eigenvalue weighted by Crippen LogP contribution is -2.45. The summed E-state index contributed by atoms with van der Waals surface area (Å²) in [5.74, 6) is 0.0953. The van der Waals surface area contributed by atoms with Gasteiger partial charge in [-0.15, -0.1) is 0 Å². The topological polar surface area (TPSA) is 155 Å². The number of phenolic OH excluding ortho intramolecular Hbond substituents is 1. The molecule has 0 radical (unpaired) electrons. The number of aromatic nitrogens is 2. The van der Waals surface area contributed by atoms with Crippen molar-refractivity contribution in [3.63, 3.8) is 0 Å². The van der Waals surface area contributed by atoms with Gasteiger partial charge in [-0.05, 0) is 60.9 Å². The molecular weight excluding hydrogens is 450 g/mol. The Morgan fingerprint density at radius 1 is 1.17 bits per heavy atom. The molecule has 0 saturated carbocycles. The first kappa shape index (κ1) is 22.7. The maximum atomic E-state index is 12.9. The van der Waals surface area contributed by atoms with Crippen LogP contribution >= 0.6 is 0 Å². The lowest BCUT2D eigenvalue weighted by Gasteiger charge is -2.32. The number of hydrogen-bond acceptors (Lipinski definition) is 7. The maximum absolute atomic E-state index is 12.9. The molecule has 1 saturated heterocycles. The number of fused-ring (bicyclic) bond motifs is 1. The molecule has 5 N–H and O–H groups in total. The molecule has 1 aliphatic carbocycles. The fourth-order valence-electron chi connectivity index (χ4n) is 4.98. The van der Waals surface area contributed by atoms with Crippen molar-refractivity contribution in [3.05, 3.63) is 47.5 Å². The second-order valence-electron chi connectivity index (χ2n) is 9.14. The number of aromatic hydroxyl groups is 1. The molecule has 1 aromatic heterocycles. The molecule has 0 bridgehead atoms. The number of amides is 2. The Morgan fingerprint density at radius 2 is 1.97 bits per heavy atom. The SMILES string of the molecule is Nc1cc(-c2nc(-c3cccc4c3CC[C@@H]4NC(=O)N3CCC(CC(=O)O)CC3)no2)ccc1O. The number of carboxylic acids is 1. The molecule has 0 spiro atoms. The number of hydrogen-bond donors (Lipinski definition) is 4. The quantitative estimate of drug-likeness (QED) is 0.321. The molecular formula is C25H27N5O5. The van der Waals surface area contributed by atoms with Crippen molar-refractivity contribution in [1.29, 1.82) is 0 Å². The van der Waals surface area contributed by atoms with E-state index in [1.54, 1.807) is 17.0 Å². The number of anilines is 1. The molecule has 35 heavy (non-hydrogen) atoms. The molecule has 5 rings (SSSR count). The third kappa shape index (κ3) is 4.64. The molecule has 182 valence electrons. The van der Waals surface area contributed by atoms with Crippen LogP contribution in [0.15, 0.2) is 40.9 Å². The Hall–Kier alpha value is -4.08. The van der Waals surface area contributed by atoms with Crippen LogP contribution in [0.4, 0.5) is 10.5 Å². The van der Waals surface area contributed by atoms with E-state index in [9.17, 15) is 14.7 Å². The number of carbonyl (C=O) groups is 2. The lowest BCUT2D eigenvalue weighted by molar-refractivity contribution is -0.138. The van der Waals surface area contributed by atoms with Crippen molar-refractivity contribution in [3.8, 4) is 28.6 Å². The van der Waals surface area contributed by atoms with Crippen LogP contribution in [0.25, 0.3) is 22.8 Å². The fraction of sp³-hybridized carbons (Fsp3) is 0.360. The molecule has 1 atom stereocenters. The van der Waals surface area contributed by atoms with Gasteiger partial charge in [-0.25, -0.2) is 4.79 Å². The Balaban J connectivity index is 1.29. The zero-order chi connectivity index (χ0) is 24.5. The molecule has 3 aromatic rings. The highest BCUT2D eigenvalue weighted by molar-refractivity contribution is 5.76. The summed E-state index contributed by atoms with van der Waals surface area (Å²) < 4.78 is 5.45. The smallest absolute Gasteiger partial charge is 0.317 e. The maximum Gasteiger partial charge on any atom is 0.317 e. The average molecular weight is 478 g/mol. The molecule has 10 heteroatoms. The predicted octanol–water partition coefficient (Wildman–Crippen LogP) is 3.58. The van der Waals surface area contributed by atoms with Crippen LogP contribution in [0, 0.1) is 5.92 Å².